The van der Waals surface area contributed by atoms with Crippen molar-refractivity contribution in [3.05, 3.63) is 12.2 Å². The summed E-state index contributed by atoms with van der Waals surface area (Å²) in [5.41, 5.74) is 3.73. The van der Waals surface area contributed by atoms with E-state index >= 15 is 0 Å². The Balaban J connectivity index is 1.83. The van der Waals surface area contributed by atoms with Gasteiger partial charge in [-0.25, -0.2) is 0 Å². The molecule has 0 bridgehead atoms. The Labute approximate surface area is 138 Å². The summed E-state index contributed by atoms with van der Waals surface area (Å²) in [7, 11) is -1.23. The van der Waals surface area contributed by atoms with E-state index in [2.05, 4.69) is 19.2 Å². The normalized spacial score (nSPS) is 22.1. The maximum Gasteiger partial charge on any atom is 0.476 e. The van der Waals surface area contributed by atoms with Crippen LogP contribution in [-0.4, -0.2) is 27.8 Å². The van der Waals surface area contributed by atoms with E-state index in [1.807, 2.05) is 0 Å². The van der Waals surface area contributed by atoms with Gasteiger partial charge in [-0.1, -0.05) is 51.5 Å². The van der Waals surface area contributed by atoms with Crippen LogP contribution in [0.1, 0.15) is 77.6 Å². The second-order valence-corrected chi connectivity index (χ2v) is 8.50. The topological polar surface area (TPSA) is 18.5 Å². The van der Waals surface area contributed by atoms with E-state index < -0.39 is 8.90 Å². The van der Waals surface area contributed by atoms with Gasteiger partial charge in [-0.15, -0.1) is 0 Å². The van der Waals surface area contributed by atoms with Crippen LogP contribution in [0.5, 0.6) is 0 Å². The van der Waals surface area contributed by atoms with Gasteiger partial charge in [0.1, 0.15) is 0 Å². The van der Waals surface area contributed by atoms with E-state index in [9.17, 15) is 0 Å². The van der Waals surface area contributed by atoms with Gasteiger partial charge in [0.2, 0.25) is 0 Å². The largest absolute Gasteiger partial charge is 0.524 e. The van der Waals surface area contributed by atoms with Crippen molar-refractivity contribution in [2.45, 2.75) is 77.6 Å². The molecule has 2 aliphatic rings. The lowest BCUT2D eigenvalue weighted by molar-refractivity contribution is 0.230. The molecule has 2 fully saturated rings. The zero-order chi connectivity index (χ0) is 15.6. The Kier molecular flexibility index (Phi) is 8.28. The molecule has 2 saturated carbocycles. The van der Waals surface area contributed by atoms with Crippen molar-refractivity contribution in [2.75, 3.05) is 13.2 Å². The zero-order valence-electron chi connectivity index (χ0n) is 14.4. The first-order valence-corrected chi connectivity index (χ1v) is 10.8. The molecule has 0 aromatic heterocycles. The lowest BCUT2D eigenvalue weighted by Gasteiger charge is -2.24. The second kappa shape index (κ2) is 10.2. The third-order valence-corrected chi connectivity index (χ3v) is 6.89. The van der Waals surface area contributed by atoms with E-state index in [4.69, 9.17) is 8.85 Å². The van der Waals surface area contributed by atoms with E-state index in [0.717, 1.165) is 6.61 Å². The average Bonchev–Trinajstić information content (AvgIpc) is 2.82. The average molecular weight is 323 g/mol. The van der Waals surface area contributed by atoms with Crippen LogP contribution in [0.15, 0.2) is 12.2 Å². The van der Waals surface area contributed by atoms with E-state index in [1.54, 1.807) is 0 Å². The van der Waals surface area contributed by atoms with Gasteiger partial charge in [-0.05, 0) is 55.7 Å². The van der Waals surface area contributed by atoms with Crippen molar-refractivity contribution in [3.63, 3.8) is 0 Å². The molecule has 0 spiro atoms. The summed E-state index contributed by atoms with van der Waals surface area (Å²) in [6.45, 7) is 7.84. The molecule has 0 aliphatic heterocycles. The molecule has 0 unspecified atom stereocenters. The van der Waals surface area contributed by atoms with E-state index in [1.165, 1.54) is 76.2 Å². The molecule has 2 nitrogen and oxygen atoms in total. The standard InChI is InChI=1S/C19H34O2Si/c1-3-20-22(16-18-11-7-4-5-8-12-18)21-15-17(2)19-13-9-6-10-14-19/h16,18-19H,2-15H2,1H3. The predicted molar refractivity (Wildman–Crippen MR) is 96.3 cm³/mol. The fourth-order valence-corrected chi connectivity index (χ4v) is 5.35. The van der Waals surface area contributed by atoms with Crippen LogP contribution >= 0.6 is 0 Å². The van der Waals surface area contributed by atoms with Crippen LogP contribution in [0.2, 0.25) is 0 Å². The maximum absolute atomic E-state index is 6.17. The Morgan fingerprint density at radius 3 is 2.18 bits per heavy atom. The zero-order valence-corrected chi connectivity index (χ0v) is 15.4. The molecule has 0 aromatic carbocycles. The highest BCUT2D eigenvalue weighted by molar-refractivity contribution is 6.54. The van der Waals surface area contributed by atoms with Gasteiger partial charge in [-0.3, -0.25) is 0 Å². The van der Waals surface area contributed by atoms with Crippen molar-refractivity contribution < 1.29 is 8.85 Å². The summed E-state index contributed by atoms with van der Waals surface area (Å²) in [6.07, 6.45) is 14.9. The minimum absolute atomic E-state index is 0.691. The van der Waals surface area contributed by atoms with Crippen molar-refractivity contribution in [2.24, 2.45) is 11.8 Å². The molecular formula is C19H34O2Si. The monoisotopic (exact) mass is 322 g/mol. The molecule has 0 aromatic rings. The molecule has 0 N–H and O–H groups in total. The Bertz CT molecular complexity index is 350. The van der Waals surface area contributed by atoms with Crippen molar-refractivity contribution in [1.82, 2.24) is 0 Å². The van der Waals surface area contributed by atoms with Gasteiger partial charge < -0.3 is 8.85 Å². The minimum atomic E-state index is -1.23. The second-order valence-electron chi connectivity index (χ2n) is 6.95. The molecule has 22 heavy (non-hydrogen) atoms. The first kappa shape index (κ1) is 17.8. The Morgan fingerprint density at radius 2 is 1.55 bits per heavy atom. The molecule has 0 heterocycles. The van der Waals surface area contributed by atoms with Gasteiger partial charge >= 0.3 is 8.90 Å². The summed E-state index contributed by atoms with van der Waals surface area (Å²) in [4.78, 5) is 0. The van der Waals surface area contributed by atoms with Crippen LogP contribution < -0.4 is 0 Å². The molecule has 2 rings (SSSR count). The van der Waals surface area contributed by atoms with Gasteiger partial charge in [0.05, 0.1) is 13.2 Å². The molecule has 0 radical (unpaired) electrons. The van der Waals surface area contributed by atoms with Crippen molar-refractivity contribution in [3.8, 4) is 0 Å². The highest BCUT2D eigenvalue weighted by atomic mass is 28.3. The maximum atomic E-state index is 6.17. The summed E-state index contributed by atoms with van der Waals surface area (Å²) >= 11 is 0. The van der Waals surface area contributed by atoms with Crippen LogP contribution in [0.3, 0.4) is 0 Å². The van der Waals surface area contributed by atoms with E-state index in [-0.39, 0.29) is 0 Å². The van der Waals surface area contributed by atoms with Crippen LogP contribution in [0.4, 0.5) is 0 Å². The lowest BCUT2D eigenvalue weighted by Crippen LogP contribution is -2.23. The first-order valence-electron chi connectivity index (χ1n) is 9.44. The number of hydrogen-bond donors (Lipinski definition) is 0. The van der Waals surface area contributed by atoms with Crippen LogP contribution in [0.25, 0.3) is 0 Å². The molecule has 0 amide bonds. The van der Waals surface area contributed by atoms with Crippen LogP contribution in [0, 0.1) is 11.8 Å². The molecule has 0 saturated heterocycles. The Morgan fingerprint density at radius 1 is 0.955 bits per heavy atom. The minimum Gasteiger partial charge on any atom is -0.524 e. The molecule has 126 valence electrons. The number of rotatable bonds is 7. The van der Waals surface area contributed by atoms with Crippen molar-refractivity contribution in [1.29, 1.82) is 0 Å². The van der Waals surface area contributed by atoms with E-state index in [0.29, 0.717) is 18.4 Å². The summed E-state index contributed by atoms with van der Waals surface area (Å²) < 4.78 is 12.1. The highest BCUT2D eigenvalue weighted by Gasteiger charge is 2.18. The first-order chi connectivity index (χ1) is 10.8. The summed E-state index contributed by atoms with van der Waals surface area (Å²) in [5, 5.41) is 0. The predicted octanol–water partition coefficient (Wildman–Crippen LogP) is 5.02. The molecule has 2 aliphatic carbocycles. The fraction of sp³-hybridized carbons (Fsp3) is 0.842. The molecule has 3 heteroatoms. The quantitative estimate of drug-likeness (QED) is 0.372. The molecular weight excluding hydrogens is 288 g/mol. The third kappa shape index (κ3) is 6.27. The van der Waals surface area contributed by atoms with Crippen molar-refractivity contribution >= 4 is 14.6 Å². The number of hydrogen-bond acceptors (Lipinski definition) is 2. The SMILES string of the molecule is C=C(CO[Si](=CC1CCCCCC1)OCC)C1CCCCC1. The smallest absolute Gasteiger partial charge is 0.476 e. The van der Waals surface area contributed by atoms with Gasteiger partial charge in [-0.2, -0.15) is 0 Å². The van der Waals surface area contributed by atoms with Gasteiger partial charge in [0, 0.05) is 0 Å². The Hall–Kier alpha value is -0.573. The highest BCUT2D eigenvalue weighted by Crippen LogP contribution is 2.29. The van der Waals surface area contributed by atoms with Crippen LogP contribution in [-0.2, 0) is 8.85 Å². The molecule has 0 atom stereocenters. The third-order valence-electron chi connectivity index (χ3n) is 5.14. The van der Waals surface area contributed by atoms with Gasteiger partial charge in [0.15, 0.2) is 0 Å². The van der Waals surface area contributed by atoms with Gasteiger partial charge in [0.25, 0.3) is 0 Å². The summed E-state index contributed by atoms with van der Waals surface area (Å²) in [5.74, 6) is 1.40. The summed E-state index contributed by atoms with van der Waals surface area (Å²) in [6, 6.07) is 0. The fourth-order valence-electron chi connectivity index (χ4n) is 3.74. The lowest BCUT2D eigenvalue weighted by atomic mass is 9.85.